The van der Waals surface area contributed by atoms with Crippen molar-refractivity contribution in [3.63, 3.8) is 0 Å². The van der Waals surface area contributed by atoms with E-state index < -0.39 is 5.60 Å². The summed E-state index contributed by atoms with van der Waals surface area (Å²) in [6.07, 6.45) is 0. The van der Waals surface area contributed by atoms with E-state index in [1.807, 2.05) is 31.3 Å². The van der Waals surface area contributed by atoms with Crippen molar-refractivity contribution in [1.82, 2.24) is 4.90 Å². The molecule has 0 heterocycles. The molecule has 0 fully saturated rings. The van der Waals surface area contributed by atoms with E-state index in [1.165, 1.54) is 0 Å². The normalized spacial score (nSPS) is 11.9. The Bertz CT molecular complexity index is 350. The SMILES string of the molecule is CN(CCOc1ccccc1Br)CC(C)(C)O. The Balaban J connectivity index is 2.31. The minimum absolute atomic E-state index is 0.606. The maximum absolute atomic E-state index is 9.66. The van der Waals surface area contributed by atoms with E-state index in [1.54, 1.807) is 13.8 Å². The number of likely N-dealkylation sites (N-methyl/N-ethyl adjacent to an activating group) is 1. The molecular weight excluding hydrogens is 282 g/mol. The van der Waals surface area contributed by atoms with E-state index in [0.717, 1.165) is 16.8 Å². The average Bonchev–Trinajstić information content (AvgIpc) is 2.18. The maximum Gasteiger partial charge on any atom is 0.133 e. The molecule has 4 heteroatoms. The number of rotatable bonds is 6. The smallest absolute Gasteiger partial charge is 0.133 e. The summed E-state index contributed by atoms with van der Waals surface area (Å²) < 4.78 is 6.61. The molecule has 1 aromatic rings. The Kier molecular flexibility index (Phi) is 5.43. The van der Waals surface area contributed by atoms with Crippen molar-refractivity contribution >= 4 is 15.9 Å². The van der Waals surface area contributed by atoms with Crippen LogP contribution in [0.5, 0.6) is 5.75 Å². The summed E-state index contributed by atoms with van der Waals surface area (Å²) in [6.45, 7) is 5.63. The summed E-state index contributed by atoms with van der Waals surface area (Å²) in [4.78, 5) is 2.05. The molecule has 3 nitrogen and oxygen atoms in total. The molecule has 0 unspecified atom stereocenters. The van der Waals surface area contributed by atoms with Gasteiger partial charge in [-0.15, -0.1) is 0 Å². The van der Waals surface area contributed by atoms with Crippen LogP contribution in [0.1, 0.15) is 13.8 Å². The van der Waals surface area contributed by atoms with Crippen molar-refractivity contribution in [3.05, 3.63) is 28.7 Å². The van der Waals surface area contributed by atoms with Crippen LogP contribution in [0.2, 0.25) is 0 Å². The molecule has 1 N–H and O–H groups in total. The number of hydrogen-bond donors (Lipinski definition) is 1. The van der Waals surface area contributed by atoms with Gasteiger partial charge in [0, 0.05) is 13.1 Å². The lowest BCUT2D eigenvalue weighted by atomic mass is 10.1. The van der Waals surface area contributed by atoms with Gasteiger partial charge in [0.15, 0.2) is 0 Å². The molecule has 0 aromatic heterocycles. The highest BCUT2D eigenvalue weighted by molar-refractivity contribution is 9.10. The van der Waals surface area contributed by atoms with Crippen molar-refractivity contribution < 1.29 is 9.84 Å². The molecule has 0 amide bonds. The molecule has 0 aliphatic carbocycles. The second kappa shape index (κ2) is 6.38. The third-order valence-electron chi connectivity index (χ3n) is 2.22. The van der Waals surface area contributed by atoms with Crippen LogP contribution in [0.3, 0.4) is 0 Å². The number of benzene rings is 1. The lowest BCUT2D eigenvalue weighted by Crippen LogP contribution is -2.38. The zero-order chi connectivity index (χ0) is 12.9. The van der Waals surface area contributed by atoms with Crippen LogP contribution in [-0.4, -0.2) is 42.4 Å². The van der Waals surface area contributed by atoms with Gasteiger partial charge in [-0.2, -0.15) is 0 Å². The van der Waals surface area contributed by atoms with Crippen molar-refractivity contribution in [2.75, 3.05) is 26.7 Å². The summed E-state index contributed by atoms with van der Waals surface area (Å²) in [5.74, 6) is 0.851. The Hall–Kier alpha value is -0.580. The lowest BCUT2D eigenvalue weighted by molar-refractivity contribution is 0.0411. The van der Waals surface area contributed by atoms with Crippen LogP contribution in [0.4, 0.5) is 0 Å². The Morgan fingerprint density at radius 2 is 2.00 bits per heavy atom. The highest BCUT2D eigenvalue weighted by Gasteiger charge is 2.15. The van der Waals surface area contributed by atoms with E-state index in [9.17, 15) is 5.11 Å². The summed E-state index contributed by atoms with van der Waals surface area (Å²) in [6, 6.07) is 7.79. The van der Waals surface area contributed by atoms with Crippen molar-refractivity contribution in [2.24, 2.45) is 0 Å². The monoisotopic (exact) mass is 301 g/mol. The topological polar surface area (TPSA) is 32.7 Å². The van der Waals surface area contributed by atoms with Crippen LogP contribution in [0.25, 0.3) is 0 Å². The average molecular weight is 302 g/mol. The number of aliphatic hydroxyl groups is 1. The van der Waals surface area contributed by atoms with Gasteiger partial charge in [-0.25, -0.2) is 0 Å². The van der Waals surface area contributed by atoms with Crippen LogP contribution in [0.15, 0.2) is 28.7 Å². The van der Waals surface area contributed by atoms with Gasteiger partial charge in [-0.05, 0) is 49.0 Å². The van der Waals surface area contributed by atoms with E-state index >= 15 is 0 Å². The molecule has 0 radical (unpaired) electrons. The Labute approximate surface area is 112 Å². The van der Waals surface area contributed by atoms with Crippen LogP contribution in [-0.2, 0) is 0 Å². The van der Waals surface area contributed by atoms with E-state index in [4.69, 9.17) is 4.74 Å². The fourth-order valence-corrected chi connectivity index (χ4v) is 2.01. The van der Waals surface area contributed by atoms with Crippen molar-refractivity contribution in [3.8, 4) is 5.75 Å². The predicted molar refractivity (Wildman–Crippen MR) is 73.4 cm³/mol. The van der Waals surface area contributed by atoms with Gasteiger partial charge in [0.25, 0.3) is 0 Å². The van der Waals surface area contributed by atoms with Crippen molar-refractivity contribution in [1.29, 1.82) is 0 Å². The number of ether oxygens (including phenoxy) is 1. The fraction of sp³-hybridized carbons (Fsp3) is 0.538. The molecule has 1 aromatic carbocycles. The zero-order valence-electron chi connectivity index (χ0n) is 10.6. The number of nitrogens with zero attached hydrogens (tertiary/aromatic N) is 1. The van der Waals surface area contributed by atoms with Crippen molar-refractivity contribution in [2.45, 2.75) is 19.4 Å². The minimum atomic E-state index is -0.665. The first-order chi connectivity index (χ1) is 7.88. The first-order valence-electron chi connectivity index (χ1n) is 5.67. The molecule has 0 aliphatic heterocycles. The molecule has 0 spiro atoms. The molecule has 0 atom stereocenters. The highest BCUT2D eigenvalue weighted by atomic mass is 79.9. The fourth-order valence-electron chi connectivity index (χ4n) is 1.61. The first-order valence-corrected chi connectivity index (χ1v) is 6.46. The third kappa shape index (κ3) is 6.05. The van der Waals surface area contributed by atoms with E-state index in [0.29, 0.717) is 13.2 Å². The second-order valence-corrected chi connectivity index (χ2v) is 5.68. The molecule has 17 heavy (non-hydrogen) atoms. The van der Waals surface area contributed by atoms with Gasteiger partial charge in [-0.3, -0.25) is 0 Å². The summed E-state index contributed by atoms with van der Waals surface area (Å²) >= 11 is 3.43. The summed E-state index contributed by atoms with van der Waals surface area (Å²) in [5, 5.41) is 9.66. The molecule has 0 saturated carbocycles. The van der Waals surface area contributed by atoms with Gasteiger partial charge in [0.1, 0.15) is 12.4 Å². The third-order valence-corrected chi connectivity index (χ3v) is 2.88. The standard InChI is InChI=1S/C13H20BrNO2/c1-13(2,16)10-15(3)8-9-17-12-7-5-4-6-11(12)14/h4-7,16H,8-10H2,1-3H3. The summed E-state index contributed by atoms with van der Waals surface area (Å²) in [5.41, 5.74) is -0.665. The minimum Gasteiger partial charge on any atom is -0.491 e. The number of para-hydroxylation sites is 1. The highest BCUT2D eigenvalue weighted by Crippen LogP contribution is 2.23. The zero-order valence-corrected chi connectivity index (χ0v) is 12.2. The van der Waals surface area contributed by atoms with Crippen LogP contribution < -0.4 is 4.74 Å². The van der Waals surface area contributed by atoms with Gasteiger partial charge in [-0.1, -0.05) is 12.1 Å². The molecular formula is C13H20BrNO2. The predicted octanol–water partition coefficient (Wildman–Crippen LogP) is 2.53. The van der Waals surface area contributed by atoms with Gasteiger partial charge < -0.3 is 14.7 Å². The summed E-state index contributed by atoms with van der Waals surface area (Å²) in [7, 11) is 1.97. The lowest BCUT2D eigenvalue weighted by Gasteiger charge is -2.25. The number of halogens is 1. The largest absolute Gasteiger partial charge is 0.491 e. The van der Waals surface area contributed by atoms with Gasteiger partial charge >= 0.3 is 0 Å². The first kappa shape index (κ1) is 14.5. The molecule has 1 rings (SSSR count). The molecule has 0 bridgehead atoms. The van der Waals surface area contributed by atoms with Gasteiger partial charge in [0.05, 0.1) is 10.1 Å². The Morgan fingerprint density at radius 3 is 2.59 bits per heavy atom. The molecule has 0 saturated heterocycles. The van der Waals surface area contributed by atoms with E-state index in [2.05, 4.69) is 20.8 Å². The van der Waals surface area contributed by atoms with Crippen LogP contribution >= 0.6 is 15.9 Å². The Morgan fingerprint density at radius 1 is 1.35 bits per heavy atom. The molecule has 0 aliphatic rings. The van der Waals surface area contributed by atoms with Gasteiger partial charge in [0.2, 0.25) is 0 Å². The van der Waals surface area contributed by atoms with E-state index in [-0.39, 0.29) is 0 Å². The second-order valence-electron chi connectivity index (χ2n) is 4.83. The molecule has 96 valence electrons. The number of hydrogen-bond acceptors (Lipinski definition) is 3. The quantitative estimate of drug-likeness (QED) is 0.876. The van der Waals surface area contributed by atoms with Crippen LogP contribution in [0, 0.1) is 0 Å². The maximum atomic E-state index is 9.66.